The van der Waals surface area contributed by atoms with Gasteiger partial charge in [0.25, 0.3) is 0 Å². The first kappa shape index (κ1) is 11.0. The Labute approximate surface area is 54.0 Å². The molecule has 0 aromatic heterocycles. The summed E-state index contributed by atoms with van der Waals surface area (Å²) in [6.07, 6.45) is 0. The standard InChI is InChI=1S/C4H6O2.C2H5F/c1-3(2)4(5)6;1-2-3/h1H2,2H3,(H,5,6);2H2,1H3. The molecule has 1 N–H and O–H groups in total. The van der Waals surface area contributed by atoms with Crippen molar-refractivity contribution >= 4 is 5.97 Å². The molecule has 54 valence electrons. The molecule has 0 aliphatic carbocycles. The second kappa shape index (κ2) is 7.14. The molecule has 0 unspecified atom stereocenters. The molecule has 0 saturated heterocycles. The molecule has 2 nitrogen and oxygen atoms in total. The summed E-state index contributed by atoms with van der Waals surface area (Å²) in [6, 6.07) is 0. The summed E-state index contributed by atoms with van der Waals surface area (Å²) in [5, 5.41) is 7.89. The average molecular weight is 134 g/mol. The highest BCUT2D eigenvalue weighted by molar-refractivity contribution is 5.84. The highest BCUT2D eigenvalue weighted by atomic mass is 19.1. The Morgan fingerprint density at radius 3 is 1.89 bits per heavy atom. The molecule has 0 saturated carbocycles. The molecule has 0 heterocycles. The minimum atomic E-state index is -0.935. The van der Waals surface area contributed by atoms with Gasteiger partial charge in [0.2, 0.25) is 0 Å². The second-order valence-electron chi connectivity index (χ2n) is 1.35. The van der Waals surface area contributed by atoms with Crippen LogP contribution in [0, 0.1) is 0 Å². The molecule has 0 radical (unpaired) electrons. The maximum Gasteiger partial charge on any atom is 0.330 e. The van der Waals surface area contributed by atoms with Gasteiger partial charge < -0.3 is 5.11 Å². The van der Waals surface area contributed by atoms with Crippen LogP contribution in [0.4, 0.5) is 4.39 Å². The monoisotopic (exact) mass is 134 g/mol. The topological polar surface area (TPSA) is 37.3 Å². The first-order chi connectivity index (χ1) is 4.06. The normalized spacial score (nSPS) is 7.00. The minimum absolute atomic E-state index is 0.176. The summed E-state index contributed by atoms with van der Waals surface area (Å²) >= 11 is 0. The third-order valence-corrected chi connectivity index (χ3v) is 0.365. The Balaban J connectivity index is 0. The lowest BCUT2D eigenvalue weighted by atomic mass is 10.4. The van der Waals surface area contributed by atoms with E-state index in [4.69, 9.17) is 5.11 Å². The maximum atomic E-state index is 10.3. The number of rotatable bonds is 1. The van der Waals surface area contributed by atoms with Crippen LogP contribution in [0.2, 0.25) is 0 Å². The number of hydrogen-bond donors (Lipinski definition) is 1. The van der Waals surface area contributed by atoms with Gasteiger partial charge in [0, 0.05) is 5.57 Å². The van der Waals surface area contributed by atoms with Crippen LogP contribution in [0.5, 0.6) is 0 Å². The van der Waals surface area contributed by atoms with Gasteiger partial charge in [-0.1, -0.05) is 6.58 Å². The van der Waals surface area contributed by atoms with E-state index in [1.165, 1.54) is 13.8 Å². The van der Waals surface area contributed by atoms with Gasteiger partial charge in [0.1, 0.15) is 0 Å². The van der Waals surface area contributed by atoms with E-state index in [1.807, 2.05) is 0 Å². The number of carboxylic acid groups (broad SMARTS) is 1. The van der Waals surface area contributed by atoms with Crippen LogP contribution in [0.1, 0.15) is 13.8 Å². The van der Waals surface area contributed by atoms with Crippen molar-refractivity contribution in [3.05, 3.63) is 12.2 Å². The molecule has 0 fully saturated rings. The van der Waals surface area contributed by atoms with E-state index >= 15 is 0 Å². The summed E-state index contributed by atoms with van der Waals surface area (Å²) < 4.78 is 10.3. The number of halogens is 1. The number of alkyl halides is 1. The van der Waals surface area contributed by atoms with E-state index < -0.39 is 5.97 Å². The molecular weight excluding hydrogens is 123 g/mol. The van der Waals surface area contributed by atoms with E-state index in [1.54, 1.807) is 0 Å². The fourth-order valence-corrected chi connectivity index (χ4v) is 0. The molecule has 0 atom stereocenters. The molecule has 0 aliphatic rings. The Morgan fingerprint density at radius 1 is 1.78 bits per heavy atom. The van der Waals surface area contributed by atoms with Crippen molar-refractivity contribution in [3.8, 4) is 0 Å². The number of carbonyl (C=O) groups is 1. The third-order valence-electron chi connectivity index (χ3n) is 0.365. The first-order valence-corrected chi connectivity index (χ1v) is 2.51. The molecule has 0 spiro atoms. The van der Waals surface area contributed by atoms with Gasteiger partial charge in [0.15, 0.2) is 0 Å². The van der Waals surface area contributed by atoms with Gasteiger partial charge in [0.05, 0.1) is 6.67 Å². The molecular formula is C6H11FO2. The van der Waals surface area contributed by atoms with Crippen molar-refractivity contribution in [1.29, 1.82) is 0 Å². The fraction of sp³-hybridized carbons (Fsp3) is 0.500. The zero-order valence-corrected chi connectivity index (χ0v) is 5.65. The summed E-state index contributed by atoms with van der Waals surface area (Å²) in [5.41, 5.74) is 0.176. The number of carboxylic acids is 1. The van der Waals surface area contributed by atoms with Crippen LogP contribution in [-0.4, -0.2) is 17.8 Å². The lowest BCUT2D eigenvalue weighted by Gasteiger charge is -1.79. The van der Waals surface area contributed by atoms with Crippen LogP contribution in [0.15, 0.2) is 12.2 Å². The van der Waals surface area contributed by atoms with E-state index in [0.29, 0.717) is 0 Å². The van der Waals surface area contributed by atoms with E-state index in [2.05, 4.69) is 6.58 Å². The summed E-state index contributed by atoms with van der Waals surface area (Å²) in [5.74, 6) is -0.935. The average Bonchev–Trinajstić information content (AvgIpc) is 1.68. The maximum absolute atomic E-state index is 10.3. The number of hydrogen-bond acceptors (Lipinski definition) is 1. The lowest BCUT2D eigenvalue weighted by molar-refractivity contribution is -0.132. The van der Waals surface area contributed by atoms with Gasteiger partial charge in [-0.25, -0.2) is 4.79 Å². The quantitative estimate of drug-likeness (QED) is 0.553. The van der Waals surface area contributed by atoms with Crippen molar-refractivity contribution in [1.82, 2.24) is 0 Å². The lowest BCUT2D eigenvalue weighted by Crippen LogP contribution is -1.92. The largest absolute Gasteiger partial charge is 0.478 e. The number of aliphatic carboxylic acids is 1. The van der Waals surface area contributed by atoms with Crippen LogP contribution >= 0.6 is 0 Å². The first-order valence-electron chi connectivity index (χ1n) is 2.51. The van der Waals surface area contributed by atoms with Crippen molar-refractivity contribution in [2.75, 3.05) is 6.67 Å². The molecule has 3 heteroatoms. The predicted molar refractivity (Wildman–Crippen MR) is 34.1 cm³/mol. The van der Waals surface area contributed by atoms with Crippen LogP contribution < -0.4 is 0 Å². The van der Waals surface area contributed by atoms with Gasteiger partial charge in [-0.2, -0.15) is 0 Å². The van der Waals surface area contributed by atoms with Crippen molar-refractivity contribution < 1.29 is 14.3 Å². The SMILES string of the molecule is C=C(C)C(=O)O.CCF. The molecule has 0 rings (SSSR count). The van der Waals surface area contributed by atoms with E-state index in [0.717, 1.165) is 0 Å². The van der Waals surface area contributed by atoms with Crippen molar-refractivity contribution in [2.45, 2.75) is 13.8 Å². The van der Waals surface area contributed by atoms with Gasteiger partial charge >= 0.3 is 5.97 Å². The molecule has 0 aromatic rings. The van der Waals surface area contributed by atoms with Gasteiger partial charge in [-0.15, -0.1) is 0 Å². The predicted octanol–water partition coefficient (Wildman–Crippen LogP) is 1.62. The molecule has 0 amide bonds. The zero-order chi connectivity index (χ0) is 7.86. The van der Waals surface area contributed by atoms with Crippen molar-refractivity contribution in [3.63, 3.8) is 0 Å². The molecule has 9 heavy (non-hydrogen) atoms. The Kier molecular flexibility index (Phi) is 8.73. The summed E-state index contributed by atoms with van der Waals surface area (Å²) in [7, 11) is 0. The molecule has 0 aromatic carbocycles. The van der Waals surface area contributed by atoms with Gasteiger partial charge in [-0.05, 0) is 13.8 Å². The molecule has 0 aliphatic heterocycles. The van der Waals surface area contributed by atoms with E-state index in [9.17, 15) is 9.18 Å². The summed E-state index contributed by atoms with van der Waals surface area (Å²) in [6.45, 7) is 5.81. The Hall–Kier alpha value is -0.860. The zero-order valence-electron chi connectivity index (χ0n) is 5.65. The van der Waals surface area contributed by atoms with Crippen LogP contribution in [0.3, 0.4) is 0 Å². The molecule has 0 bridgehead atoms. The highest BCUT2D eigenvalue weighted by Gasteiger charge is 1.90. The third kappa shape index (κ3) is 19.1. The second-order valence-corrected chi connectivity index (χ2v) is 1.35. The smallest absolute Gasteiger partial charge is 0.330 e. The van der Waals surface area contributed by atoms with E-state index in [-0.39, 0.29) is 12.2 Å². The van der Waals surface area contributed by atoms with Crippen LogP contribution in [-0.2, 0) is 4.79 Å². The Bertz CT molecular complexity index is 87.2. The Morgan fingerprint density at radius 2 is 1.89 bits per heavy atom. The summed E-state index contributed by atoms with van der Waals surface area (Å²) in [4.78, 5) is 9.60. The minimum Gasteiger partial charge on any atom is -0.478 e. The fourth-order valence-electron chi connectivity index (χ4n) is 0. The van der Waals surface area contributed by atoms with Crippen molar-refractivity contribution in [2.24, 2.45) is 0 Å². The van der Waals surface area contributed by atoms with Gasteiger partial charge in [-0.3, -0.25) is 4.39 Å². The highest BCUT2D eigenvalue weighted by Crippen LogP contribution is 1.81. The van der Waals surface area contributed by atoms with Crippen LogP contribution in [0.25, 0.3) is 0 Å².